The highest BCUT2D eigenvalue weighted by Gasteiger charge is 2.74. The van der Waals surface area contributed by atoms with E-state index in [1.165, 1.54) is 25.1 Å². The third-order valence-corrected chi connectivity index (χ3v) is 10.1. The average molecular weight is 588 g/mol. The van der Waals surface area contributed by atoms with Gasteiger partial charge in [0, 0.05) is 30.6 Å². The summed E-state index contributed by atoms with van der Waals surface area (Å²) in [6, 6.07) is 3.04. The minimum atomic E-state index is -3.03. The van der Waals surface area contributed by atoms with E-state index >= 15 is 0 Å². The lowest BCUT2D eigenvalue weighted by Gasteiger charge is -2.56. The van der Waals surface area contributed by atoms with Crippen molar-refractivity contribution in [3.05, 3.63) is 29.3 Å². The normalized spacial score (nSPS) is 35.2. The molecular weight excluding hydrogens is 554 g/mol. The molecular formula is C28H33N3O9S. The van der Waals surface area contributed by atoms with Crippen LogP contribution in [0.15, 0.2) is 18.2 Å². The Hall–Kier alpha value is -3.13. The third-order valence-electron chi connectivity index (χ3n) is 9.05. The van der Waals surface area contributed by atoms with Crippen molar-refractivity contribution < 1.29 is 43.7 Å². The number of primary amides is 1. The Labute approximate surface area is 240 Å². The molecule has 3 fully saturated rings. The largest absolute Gasteiger partial charge is 0.507 e. The van der Waals surface area contributed by atoms with Crippen molar-refractivity contribution in [3.8, 4) is 5.75 Å². The van der Waals surface area contributed by atoms with E-state index in [1.807, 2.05) is 0 Å². The molecule has 8 atom stereocenters. The minimum Gasteiger partial charge on any atom is -0.507 e. The monoisotopic (exact) mass is 587 g/mol. The fourth-order valence-electron chi connectivity index (χ4n) is 7.15. The number of esters is 1. The number of Topliss-reactive ketones (excluding diaryl/α,β-unsaturated/α-hetero) is 4. The topological polar surface area (TPSA) is 185 Å². The van der Waals surface area contributed by atoms with Crippen molar-refractivity contribution in [2.45, 2.75) is 37.0 Å². The maximum absolute atomic E-state index is 14.2. The van der Waals surface area contributed by atoms with Gasteiger partial charge >= 0.3 is 5.97 Å². The summed E-state index contributed by atoms with van der Waals surface area (Å²) in [5.74, 6) is -12.2. The summed E-state index contributed by atoms with van der Waals surface area (Å²) in [5, 5.41) is 22.6. The van der Waals surface area contributed by atoms with Crippen LogP contribution in [0.1, 0.15) is 35.2 Å². The number of hydrogen-bond acceptors (Lipinski definition) is 12. The lowest BCUT2D eigenvalue weighted by molar-refractivity contribution is -0.205. The fourth-order valence-corrected chi connectivity index (χ4v) is 8.19. The Bertz CT molecular complexity index is 1340. The molecule has 2 saturated carbocycles. The number of phenols is 1. The molecule has 0 spiro atoms. The second-order valence-corrected chi connectivity index (χ2v) is 12.6. The van der Waals surface area contributed by atoms with Crippen LogP contribution < -0.4 is 5.73 Å². The van der Waals surface area contributed by atoms with Crippen molar-refractivity contribution in [3.63, 3.8) is 0 Å². The third kappa shape index (κ3) is 4.41. The smallest absolute Gasteiger partial charge is 0.307 e. The Kier molecular flexibility index (Phi) is 7.60. The molecule has 5 rings (SSSR count). The van der Waals surface area contributed by atoms with E-state index < -0.39 is 82.3 Å². The van der Waals surface area contributed by atoms with E-state index in [2.05, 4.69) is 4.90 Å². The van der Waals surface area contributed by atoms with Crippen molar-refractivity contribution in [2.24, 2.45) is 29.4 Å². The van der Waals surface area contributed by atoms with E-state index in [9.17, 15) is 39.0 Å². The van der Waals surface area contributed by atoms with Crippen LogP contribution in [0.5, 0.6) is 5.75 Å². The molecule has 3 aliphatic carbocycles. The molecule has 1 aromatic rings. The Morgan fingerprint density at radius 1 is 1.20 bits per heavy atom. The van der Waals surface area contributed by atoms with Crippen molar-refractivity contribution in [1.29, 1.82) is 0 Å². The zero-order chi connectivity index (χ0) is 30.0. The summed E-state index contributed by atoms with van der Waals surface area (Å²) in [6.07, 6.45) is -1.47. The molecule has 2 unspecified atom stereocenters. The van der Waals surface area contributed by atoms with Crippen LogP contribution in [0.2, 0.25) is 0 Å². The summed E-state index contributed by atoms with van der Waals surface area (Å²) in [6.45, 7) is 2.89. The van der Waals surface area contributed by atoms with Gasteiger partial charge in [0.1, 0.15) is 11.9 Å². The number of nitrogens with zero attached hydrogens (tertiary/aromatic N) is 2. The molecule has 1 amide bonds. The van der Waals surface area contributed by atoms with Crippen molar-refractivity contribution >= 4 is 46.8 Å². The Balaban J connectivity index is 1.66. The highest BCUT2D eigenvalue weighted by atomic mass is 32.2. The number of carbonyl (C=O) groups is 6. The highest BCUT2D eigenvalue weighted by molar-refractivity contribution is 7.99. The van der Waals surface area contributed by atoms with Gasteiger partial charge in [-0.15, -0.1) is 11.8 Å². The average Bonchev–Trinajstić information content (AvgIpc) is 3.42. The van der Waals surface area contributed by atoms with E-state index in [0.717, 1.165) is 18.2 Å². The van der Waals surface area contributed by atoms with Gasteiger partial charge in [-0.05, 0) is 31.6 Å². The van der Waals surface area contributed by atoms with E-state index in [4.69, 9.17) is 10.5 Å². The van der Waals surface area contributed by atoms with Gasteiger partial charge in [0.2, 0.25) is 5.91 Å². The first kappa shape index (κ1) is 29.4. The number of thioether (sulfide) groups is 1. The van der Waals surface area contributed by atoms with Crippen LogP contribution in [0.25, 0.3) is 0 Å². The maximum Gasteiger partial charge on any atom is 0.307 e. The first-order chi connectivity index (χ1) is 19.3. The molecule has 1 aliphatic heterocycles. The molecule has 220 valence electrons. The number of ketones is 4. The maximum atomic E-state index is 14.2. The van der Waals surface area contributed by atoms with Crippen molar-refractivity contribution in [1.82, 2.24) is 9.80 Å². The Morgan fingerprint density at radius 3 is 2.51 bits per heavy atom. The number of fused-ring (bicyclic) bond motifs is 3. The number of aromatic hydroxyl groups is 1. The number of benzene rings is 1. The van der Waals surface area contributed by atoms with Gasteiger partial charge in [-0.2, -0.15) is 0 Å². The van der Waals surface area contributed by atoms with Gasteiger partial charge < -0.3 is 20.7 Å². The molecule has 41 heavy (non-hydrogen) atoms. The molecule has 1 heterocycles. The predicted molar refractivity (Wildman–Crippen MR) is 145 cm³/mol. The van der Waals surface area contributed by atoms with Crippen LogP contribution in [-0.2, 0) is 28.7 Å². The number of likely N-dealkylation sites (N-methyl/N-ethyl adjacent to an activating group) is 1. The molecule has 0 radical (unpaired) electrons. The fraction of sp³-hybridized carbons (Fsp3) is 0.571. The van der Waals surface area contributed by atoms with Crippen LogP contribution in [0.4, 0.5) is 0 Å². The number of rotatable bonds is 6. The van der Waals surface area contributed by atoms with Gasteiger partial charge in [-0.1, -0.05) is 19.1 Å². The predicted octanol–water partition coefficient (Wildman–Crippen LogP) is -0.654. The second kappa shape index (κ2) is 10.6. The number of amides is 1. The van der Waals surface area contributed by atoms with Crippen LogP contribution in [0, 0.1) is 23.7 Å². The summed E-state index contributed by atoms with van der Waals surface area (Å²) in [7, 11) is 2.94. The molecule has 4 N–H and O–H groups in total. The first-order valence-electron chi connectivity index (χ1n) is 13.5. The summed E-state index contributed by atoms with van der Waals surface area (Å²) >= 11 is 1.73. The number of carbonyl (C=O) groups excluding carboxylic acids is 6. The number of ether oxygens (including phenoxy) is 1. The zero-order valence-electron chi connectivity index (χ0n) is 22.9. The van der Waals surface area contributed by atoms with Crippen molar-refractivity contribution in [2.75, 3.05) is 38.8 Å². The van der Waals surface area contributed by atoms with Gasteiger partial charge in [0.05, 0.1) is 29.9 Å². The van der Waals surface area contributed by atoms with E-state index in [-0.39, 0.29) is 17.7 Å². The van der Waals surface area contributed by atoms with Gasteiger partial charge in [-0.3, -0.25) is 38.6 Å². The standard InChI is InChI=1S/C28H33N3O9S/c1-12-13-5-4-6-14(32)17(13)22(34)18-16(12)24(40-15(33)7-8-31-9-10-41-11-31)20-21(30(2)3)23(35)19(27(29)38)26(37)28(20,39)25(18)36/h4-6,12,16,18-21,24,32,39H,7-11H2,1-3H3,(H2,29,38)/t12-,16+,18?,19?,20+,21-,24-,28-/m0/s1. The molecule has 13 heteroatoms. The molecule has 0 aromatic heterocycles. The summed E-state index contributed by atoms with van der Waals surface area (Å²) < 4.78 is 5.99. The number of hydrogen-bond donors (Lipinski definition) is 3. The zero-order valence-corrected chi connectivity index (χ0v) is 23.8. The van der Waals surface area contributed by atoms with Gasteiger partial charge in [0.15, 0.2) is 34.7 Å². The quantitative estimate of drug-likeness (QED) is 0.283. The molecule has 0 bridgehead atoms. The lowest BCUT2D eigenvalue weighted by atomic mass is 9.49. The summed E-state index contributed by atoms with van der Waals surface area (Å²) in [4.78, 5) is 84.3. The van der Waals surface area contributed by atoms with Crippen LogP contribution >= 0.6 is 11.8 Å². The SMILES string of the molecule is C[C@H]1c2cccc(O)c2C(=O)C2C(=O)[C@]3(O)C(=O)C(C(N)=O)C(=O)[C@@H](N(C)C)[C@@H]3[C@@H](OC(=O)CCN3CCSC3)[C@@H]21. The van der Waals surface area contributed by atoms with Gasteiger partial charge in [-0.25, -0.2) is 0 Å². The molecule has 12 nitrogen and oxygen atoms in total. The highest BCUT2D eigenvalue weighted by Crippen LogP contribution is 2.55. The second-order valence-electron chi connectivity index (χ2n) is 11.5. The Morgan fingerprint density at radius 2 is 1.90 bits per heavy atom. The summed E-state index contributed by atoms with van der Waals surface area (Å²) in [5.41, 5.74) is 2.66. The lowest BCUT2D eigenvalue weighted by Crippen LogP contribution is -2.78. The number of aliphatic hydroxyl groups is 1. The van der Waals surface area contributed by atoms with Crippen LogP contribution in [-0.4, -0.2) is 112 Å². The molecule has 1 aromatic carbocycles. The molecule has 1 saturated heterocycles. The number of phenolic OH excluding ortho intramolecular Hbond substituents is 1. The number of nitrogens with two attached hydrogens (primary N) is 1. The molecule has 4 aliphatic rings. The first-order valence-corrected chi connectivity index (χ1v) is 14.6. The van der Waals surface area contributed by atoms with Gasteiger partial charge in [0.25, 0.3) is 0 Å². The van der Waals surface area contributed by atoms with E-state index in [1.54, 1.807) is 30.8 Å². The minimum absolute atomic E-state index is 0.0360. The van der Waals surface area contributed by atoms with E-state index in [0.29, 0.717) is 12.1 Å². The van der Waals surface area contributed by atoms with Crippen LogP contribution in [0.3, 0.4) is 0 Å².